The Hall–Kier alpha value is -2.26. The van der Waals surface area contributed by atoms with Crippen LogP contribution in [-0.4, -0.2) is 31.3 Å². The van der Waals surface area contributed by atoms with Crippen molar-refractivity contribution >= 4 is 33.3 Å². The van der Waals surface area contributed by atoms with Crippen molar-refractivity contribution in [1.29, 1.82) is 0 Å². The van der Waals surface area contributed by atoms with Crippen LogP contribution in [0.15, 0.2) is 17.8 Å². The van der Waals surface area contributed by atoms with Gasteiger partial charge in [-0.3, -0.25) is 5.43 Å². The lowest BCUT2D eigenvalue weighted by Gasteiger charge is -2.28. The second-order valence-electron chi connectivity index (χ2n) is 4.52. The lowest BCUT2D eigenvalue weighted by atomic mass is 10.3. The molecule has 3 aromatic heterocycles. The number of thiophene rings is 1. The van der Waals surface area contributed by atoms with E-state index in [9.17, 15) is 0 Å². The molecule has 102 valence electrons. The van der Waals surface area contributed by atoms with Gasteiger partial charge in [-0.25, -0.2) is 10.8 Å². The first kappa shape index (κ1) is 11.6. The number of rotatable bonds is 2. The van der Waals surface area contributed by atoms with Crippen molar-refractivity contribution in [1.82, 2.24) is 24.7 Å². The first-order valence-corrected chi connectivity index (χ1v) is 7.06. The summed E-state index contributed by atoms with van der Waals surface area (Å²) in [4.78, 5) is 12.0. The number of nitrogens with two attached hydrogens (primary N) is 1. The number of nitrogen functional groups attached to an aromatic ring is 1. The molecule has 0 spiro atoms. The fraction of sp³-hybridized carbons (Fsp3) is 0.273. The van der Waals surface area contributed by atoms with Gasteiger partial charge in [-0.2, -0.15) is 4.98 Å². The van der Waals surface area contributed by atoms with Gasteiger partial charge in [0.1, 0.15) is 17.0 Å². The molecular weight excluding hydrogens is 276 g/mol. The van der Waals surface area contributed by atoms with Crippen LogP contribution in [0.25, 0.3) is 10.2 Å². The Labute approximate surface area is 118 Å². The van der Waals surface area contributed by atoms with Crippen LogP contribution in [0.3, 0.4) is 0 Å². The van der Waals surface area contributed by atoms with Crippen LogP contribution in [0.2, 0.25) is 0 Å². The fourth-order valence-electron chi connectivity index (χ4n) is 2.39. The summed E-state index contributed by atoms with van der Waals surface area (Å²) < 4.78 is 2.06. The van der Waals surface area contributed by atoms with E-state index in [0.717, 1.165) is 34.9 Å². The van der Waals surface area contributed by atoms with Crippen molar-refractivity contribution < 1.29 is 0 Å². The van der Waals surface area contributed by atoms with E-state index in [1.807, 2.05) is 11.4 Å². The smallest absolute Gasteiger partial charge is 0.240 e. The summed E-state index contributed by atoms with van der Waals surface area (Å²) in [7, 11) is 0. The molecule has 0 bridgehead atoms. The van der Waals surface area contributed by atoms with Crippen molar-refractivity contribution in [3.63, 3.8) is 0 Å². The van der Waals surface area contributed by atoms with Crippen LogP contribution >= 0.6 is 11.3 Å². The molecule has 3 N–H and O–H groups in total. The number of nitrogens with zero attached hydrogens (tertiary/aromatic N) is 6. The number of hydrogen-bond acceptors (Lipinski definition) is 8. The fourth-order valence-corrected chi connectivity index (χ4v) is 3.15. The topological polar surface area (TPSA) is 97.8 Å². The Morgan fingerprint density at radius 1 is 1.30 bits per heavy atom. The van der Waals surface area contributed by atoms with Crippen LogP contribution in [0.1, 0.15) is 5.82 Å². The normalized spacial score (nSPS) is 14.6. The number of hydrogen-bond donors (Lipinski definition) is 2. The Morgan fingerprint density at radius 3 is 3.15 bits per heavy atom. The summed E-state index contributed by atoms with van der Waals surface area (Å²) in [6.07, 6.45) is 1.76. The molecule has 4 heterocycles. The van der Waals surface area contributed by atoms with Gasteiger partial charge in [-0.05, 0) is 11.4 Å². The largest absolute Gasteiger partial charge is 0.347 e. The predicted octanol–water partition coefficient (Wildman–Crippen LogP) is 0.589. The minimum atomic E-state index is 0.432. The lowest BCUT2D eigenvalue weighted by molar-refractivity contribution is 0.557. The molecule has 0 aliphatic carbocycles. The maximum atomic E-state index is 5.45. The van der Waals surface area contributed by atoms with E-state index in [1.165, 1.54) is 0 Å². The van der Waals surface area contributed by atoms with E-state index in [4.69, 9.17) is 5.84 Å². The third-order valence-corrected chi connectivity index (χ3v) is 4.18. The van der Waals surface area contributed by atoms with Crippen LogP contribution in [-0.2, 0) is 13.1 Å². The highest BCUT2D eigenvalue weighted by molar-refractivity contribution is 7.16. The molecular formula is C11H12N8S. The zero-order valence-corrected chi connectivity index (χ0v) is 11.3. The van der Waals surface area contributed by atoms with Gasteiger partial charge in [0.2, 0.25) is 5.95 Å². The van der Waals surface area contributed by atoms with Crippen molar-refractivity contribution in [3.8, 4) is 0 Å². The standard InChI is InChI=1S/C11H12N8S/c12-16-11-14-9(7-1-4-20-10(7)15-11)18-2-3-19-6-13-17-8(19)5-18/h1,4,6H,2-3,5,12H2,(H,14,15,16). The second kappa shape index (κ2) is 4.39. The second-order valence-corrected chi connectivity index (χ2v) is 5.41. The summed E-state index contributed by atoms with van der Waals surface area (Å²) in [5, 5.41) is 11.1. The summed E-state index contributed by atoms with van der Waals surface area (Å²) >= 11 is 1.58. The van der Waals surface area contributed by atoms with E-state index in [0.29, 0.717) is 12.5 Å². The van der Waals surface area contributed by atoms with Gasteiger partial charge in [0.15, 0.2) is 5.82 Å². The van der Waals surface area contributed by atoms with Crippen molar-refractivity contribution in [2.24, 2.45) is 5.84 Å². The van der Waals surface area contributed by atoms with Gasteiger partial charge < -0.3 is 9.47 Å². The summed E-state index contributed by atoms with van der Waals surface area (Å²) in [6, 6.07) is 2.04. The average molecular weight is 288 g/mol. The molecule has 0 fully saturated rings. The number of anilines is 2. The quantitative estimate of drug-likeness (QED) is 0.526. The molecule has 4 rings (SSSR count). The molecule has 0 unspecified atom stereocenters. The van der Waals surface area contributed by atoms with Gasteiger partial charge in [0.25, 0.3) is 0 Å². The first-order valence-electron chi connectivity index (χ1n) is 6.18. The summed E-state index contributed by atoms with van der Waals surface area (Å²) in [5.74, 6) is 7.72. The zero-order chi connectivity index (χ0) is 13.5. The monoisotopic (exact) mass is 288 g/mol. The van der Waals surface area contributed by atoms with E-state index in [1.54, 1.807) is 17.7 Å². The molecule has 1 aliphatic rings. The molecule has 20 heavy (non-hydrogen) atoms. The van der Waals surface area contributed by atoms with Crippen molar-refractivity contribution in [3.05, 3.63) is 23.6 Å². The minimum Gasteiger partial charge on any atom is -0.347 e. The molecule has 0 amide bonds. The van der Waals surface area contributed by atoms with E-state index in [2.05, 4.69) is 35.1 Å². The summed E-state index contributed by atoms with van der Waals surface area (Å²) in [6.45, 7) is 2.40. The Kier molecular flexibility index (Phi) is 2.54. The van der Waals surface area contributed by atoms with Gasteiger partial charge >= 0.3 is 0 Å². The molecule has 9 heteroatoms. The minimum absolute atomic E-state index is 0.432. The van der Waals surface area contributed by atoms with Crippen LogP contribution in [0.4, 0.5) is 11.8 Å². The van der Waals surface area contributed by atoms with E-state index in [-0.39, 0.29) is 0 Å². The molecule has 8 nitrogen and oxygen atoms in total. The highest BCUT2D eigenvalue weighted by atomic mass is 32.1. The predicted molar refractivity (Wildman–Crippen MR) is 76.3 cm³/mol. The first-order chi connectivity index (χ1) is 9.85. The SMILES string of the molecule is NNc1nc(N2CCn3cnnc3C2)c2ccsc2n1. The third kappa shape index (κ3) is 1.71. The van der Waals surface area contributed by atoms with Gasteiger partial charge in [-0.1, -0.05) is 0 Å². The highest BCUT2D eigenvalue weighted by Gasteiger charge is 2.21. The molecule has 3 aromatic rings. The molecule has 0 saturated heterocycles. The Bertz CT molecular complexity index is 763. The van der Waals surface area contributed by atoms with Crippen LogP contribution in [0, 0.1) is 0 Å². The Morgan fingerprint density at radius 2 is 2.25 bits per heavy atom. The van der Waals surface area contributed by atoms with Gasteiger partial charge in [-0.15, -0.1) is 21.5 Å². The van der Waals surface area contributed by atoms with Crippen LogP contribution in [0.5, 0.6) is 0 Å². The molecule has 1 aliphatic heterocycles. The van der Waals surface area contributed by atoms with Gasteiger partial charge in [0, 0.05) is 13.1 Å². The maximum Gasteiger partial charge on any atom is 0.240 e. The third-order valence-electron chi connectivity index (χ3n) is 3.37. The highest BCUT2D eigenvalue weighted by Crippen LogP contribution is 2.30. The number of hydrazine groups is 1. The van der Waals surface area contributed by atoms with Crippen molar-refractivity contribution in [2.45, 2.75) is 13.1 Å². The molecule has 0 aromatic carbocycles. The summed E-state index contributed by atoms with van der Waals surface area (Å²) in [5.41, 5.74) is 2.53. The van der Waals surface area contributed by atoms with E-state index < -0.39 is 0 Å². The lowest BCUT2D eigenvalue weighted by Crippen LogP contribution is -2.34. The van der Waals surface area contributed by atoms with E-state index >= 15 is 0 Å². The van der Waals surface area contributed by atoms with Crippen molar-refractivity contribution in [2.75, 3.05) is 16.9 Å². The zero-order valence-electron chi connectivity index (χ0n) is 10.5. The Balaban J connectivity index is 1.80. The van der Waals surface area contributed by atoms with Crippen LogP contribution < -0.4 is 16.2 Å². The number of nitrogens with one attached hydrogen (secondary N) is 1. The average Bonchev–Trinajstić information content (AvgIpc) is 3.13. The van der Waals surface area contributed by atoms with Gasteiger partial charge in [0.05, 0.1) is 11.9 Å². The molecule has 0 atom stereocenters. The molecule has 0 saturated carbocycles. The molecule has 0 radical (unpaired) electrons. The number of fused-ring (bicyclic) bond motifs is 2. The maximum absolute atomic E-state index is 5.45. The number of aromatic nitrogens is 5.